The summed E-state index contributed by atoms with van der Waals surface area (Å²) in [6, 6.07) is 2.09. The van der Waals surface area contributed by atoms with Crippen molar-refractivity contribution in [1.82, 2.24) is 20.1 Å². The SMILES string of the molecule is O=C(NCCN1CCCCC1)c1ccc(C(F)(F)F)nc1N1CCN(CCO)CC1. The summed E-state index contributed by atoms with van der Waals surface area (Å²) in [5, 5.41) is 11.9. The molecule has 2 saturated heterocycles. The minimum atomic E-state index is -4.57. The third-order valence-corrected chi connectivity index (χ3v) is 5.66. The molecule has 3 heterocycles. The molecule has 1 aromatic heterocycles. The lowest BCUT2D eigenvalue weighted by molar-refractivity contribution is -0.141. The van der Waals surface area contributed by atoms with E-state index in [0.29, 0.717) is 39.3 Å². The summed E-state index contributed by atoms with van der Waals surface area (Å²) in [5.41, 5.74) is -0.836. The predicted molar refractivity (Wildman–Crippen MR) is 108 cm³/mol. The van der Waals surface area contributed by atoms with Gasteiger partial charge in [0.15, 0.2) is 0 Å². The fourth-order valence-electron chi connectivity index (χ4n) is 3.96. The Labute approximate surface area is 174 Å². The number of hydrogen-bond donors (Lipinski definition) is 2. The first-order chi connectivity index (χ1) is 14.4. The second kappa shape index (κ2) is 10.4. The minimum Gasteiger partial charge on any atom is -0.395 e. The van der Waals surface area contributed by atoms with Crippen molar-refractivity contribution in [3.63, 3.8) is 0 Å². The number of anilines is 1. The molecule has 0 saturated carbocycles. The largest absolute Gasteiger partial charge is 0.433 e. The van der Waals surface area contributed by atoms with Gasteiger partial charge in [-0.2, -0.15) is 13.2 Å². The van der Waals surface area contributed by atoms with Gasteiger partial charge in [-0.1, -0.05) is 6.42 Å². The van der Waals surface area contributed by atoms with Gasteiger partial charge in [0, 0.05) is 45.8 Å². The molecule has 1 aromatic rings. The number of halogens is 3. The van der Waals surface area contributed by atoms with Crippen molar-refractivity contribution in [3.05, 3.63) is 23.4 Å². The van der Waals surface area contributed by atoms with Gasteiger partial charge in [-0.3, -0.25) is 9.69 Å². The molecule has 7 nitrogen and oxygen atoms in total. The van der Waals surface area contributed by atoms with E-state index in [1.54, 1.807) is 4.90 Å². The highest BCUT2D eigenvalue weighted by atomic mass is 19.4. The van der Waals surface area contributed by atoms with Crippen LogP contribution in [0.1, 0.15) is 35.3 Å². The number of carbonyl (C=O) groups excluding carboxylic acids is 1. The van der Waals surface area contributed by atoms with Crippen LogP contribution >= 0.6 is 0 Å². The average Bonchev–Trinajstić information content (AvgIpc) is 2.74. The van der Waals surface area contributed by atoms with Gasteiger partial charge in [-0.05, 0) is 38.1 Å². The zero-order chi connectivity index (χ0) is 21.6. The van der Waals surface area contributed by atoms with E-state index < -0.39 is 17.8 Å². The van der Waals surface area contributed by atoms with E-state index in [2.05, 4.69) is 15.2 Å². The Morgan fingerprint density at radius 2 is 1.67 bits per heavy atom. The van der Waals surface area contributed by atoms with E-state index in [9.17, 15) is 18.0 Å². The van der Waals surface area contributed by atoms with Crippen LogP contribution in [0.5, 0.6) is 0 Å². The van der Waals surface area contributed by atoms with Crippen molar-refractivity contribution in [1.29, 1.82) is 0 Å². The number of pyridine rings is 1. The van der Waals surface area contributed by atoms with Gasteiger partial charge in [-0.25, -0.2) is 4.98 Å². The van der Waals surface area contributed by atoms with Crippen molar-refractivity contribution in [3.8, 4) is 0 Å². The first-order valence-electron chi connectivity index (χ1n) is 10.6. The number of nitrogens with zero attached hydrogens (tertiary/aromatic N) is 4. The van der Waals surface area contributed by atoms with Gasteiger partial charge < -0.3 is 20.2 Å². The standard InChI is InChI=1S/C20H30F3N5O2/c21-20(22,23)17-5-4-16(19(30)24-6-9-26-7-2-1-3-8-26)18(25-17)28-12-10-27(11-13-28)14-15-29/h4-5,29H,1-3,6-15H2,(H,24,30). The summed E-state index contributed by atoms with van der Waals surface area (Å²) >= 11 is 0. The van der Waals surface area contributed by atoms with Crippen molar-refractivity contribution < 1.29 is 23.1 Å². The highest BCUT2D eigenvalue weighted by Gasteiger charge is 2.34. The highest BCUT2D eigenvalue weighted by molar-refractivity contribution is 5.99. The number of carbonyl (C=O) groups is 1. The molecule has 2 aliphatic heterocycles. The molecule has 0 aliphatic carbocycles. The van der Waals surface area contributed by atoms with Gasteiger partial charge >= 0.3 is 6.18 Å². The normalized spacial score (nSPS) is 19.1. The monoisotopic (exact) mass is 429 g/mol. The molecule has 2 N–H and O–H groups in total. The quantitative estimate of drug-likeness (QED) is 0.684. The zero-order valence-corrected chi connectivity index (χ0v) is 17.1. The average molecular weight is 429 g/mol. The number of amides is 1. The summed E-state index contributed by atoms with van der Waals surface area (Å²) in [4.78, 5) is 22.6. The van der Waals surface area contributed by atoms with Gasteiger partial charge in [0.25, 0.3) is 5.91 Å². The van der Waals surface area contributed by atoms with Crippen LogP contribution in [-0.2, 0) is 6.18 Å². The molecule has 2 fully saturated rings. The number of likely N-dealkylation sites (tertiary alicyclic amines) is 1. The Bertz CT molecular complexity index is 702. The Morgan fingerprint density at radius 3 is 2.30 bits per heavy atom. The lowest BCUT2D eigenvalue weighted by Crippen LogP contribution is -2.48. The number of nitrogens with one attached hydrogen (secondary N) is 1. The molecule has 3 rings (SSSR count). The smallest absolute Gasteiger partial charge is 0.395 e. The third kappa shape index (κ3) is 6.05. The van der Waals surface area contributed by atoms with Crippen LogP contribution in [0.15, 0.2) is 12.1 Å². The number of aromatic nitrogens is 1. The number of piperazine rings is 1. The Hall–Kier alpha value is -1.91. The van der Waals surface area contributed by atoms with Crippen LogP contribution in [0.2, 0.25) is 0 Å². The summed E-state index contributed by atoms with van der Waals surface area (Å²) < 4.78 is 39.6. The molecule has 0 bridgehead atoms. The van der Waals surface area contributed by atoms with Crippen LogP contribution in [0, 0.1) is 0 Å². The second-order valence-corrected chi connectivity index (χ2v) is 7.78. The van der Waals surface area contributed by atoms with Crippen molar-refractivity contribution in [2.75, 3.05) is 70.4 Å². The molecule has 168 valence electrons. The lowest BCUT2D eigenvalue weighted by Gasteiger charge is -2.36. The van der Waals surface area contributed by atoms with E-state index in [4.69, 9.17) is 5.11 Å². The van der Waals surface area contributed by atoms with Crippen LogP contribution in [0.3, 0.4) is 0 Å². The third-order valence-electron chi connectivity index (χ3n) is 5.66. The molecule has 0 spiro atoms. The van der Waals surface area contributed by atoms with Crippen LogP contribution in [-0.4, -0.2) is 91.3 Å². The summed E-state index contributed by atoms with van der Waals surface area (Å²) in [5.74, 6) is -0.329. The number of aliphatic hydroxyl groups is 1. The maximum absolute atomic E-state index is 13.2. The van der Waals surface area contributed by atoms with Gasteiger partial charge in [0.05, 0.1) is 12.2 Å². The van der Waals surface area contributed by atoms with Crippen LogP contribution < -0.4 is 10.2 Å². The number of β-amino-alcohol motifs (C(OH)–C–C–N with tert-alkyl or cyclic N) is 1. The van der Waals surface area contributed by atoms with Crippen molar-refractivity contribution in [2.45, 2.75) is 25.4 Å². The molecular formula is C20H30F3N5O2. The first kappa shape index (κ1) is 22.8. The molecule has 1 amide bonds. The summed E-state index contributed by atoms with van der Waals surface area (Å²) in [6.07, 6.45) is -1.03. The molecule has 0 aromatic carbocycles. The number of alkyl halides is 3. The Kier molecular flexibility index (Phi) is 7.90. The number of hydrogen-bond acceptors (Lipinski definition) is 6. The van der Waals surface area contributed by atoms with E-state index in [1.165, 1.54) is 12.5 Å². The highest BCUT2D eigenvalue weighted by Crippen LogP contribution is 2.31. The molecule has 0 atom stereocenters. The second-order valence-electron chi connectivity index (χ2n) is 7.78. The maximum Gasteiger partial charge on any atom is 0.433 e. The van der Waals surface area contributed by atoms with E-state index in [1.807, 2.05) is 4.90 Å². The Balaban J connectivity index is 1.70. The van der Waals surface area contributed by atoms with Gasteiger partial charge in [0.2, 0.25) is 0 Å². The number of piperidine rings is 1. The van der Waals surface area contributed by atoms with Crippen LogP contribution in [0.4, 0.5) is 19.0 Å². The first-order valence-corrected chi connectivity index (χ1v) is 10.6. The summed E-state index contributed by atoms with van der Waals surface area (Å²) in [7, 11) is 0. The lowest BCUT2D eigenvalue weighted by atomic mass is 10.1. The molecule has 30 heavy (non-hydrogen) atoms. The molecule has 0 unspecified atom stereocenters. The van der Waals surface area contributed by atoms with Gasteiger partial charge in [-0.15, -0.1) is 0 Å². The number of aliphatic hydroxyl groups excluding tert-OH is 1. The minimum absolute atomic E-state index is 0.0342. The fourth-order valence-corrected chi connectivity index (χ4v) is 3.96. The van der Waals surface area contributed by atoms with Crippen molar-refractivity contribution >= 4 is 11.7 Å². The van der Waals surface area contributed by atoms with Crippen LogP contribution in [0.25, 0.3) is 0 Å². The van der Waals surface area contributed by atoms with Crippen molar-refractivity contribution in [2.24, 2.45) is 0 Å². The van der Waals surface area contributed by atoms with E-state index >= 15 is 0 Å². The predicted octanol–water partition coefficient (Wildman–Crippen LogP) is 1.43. The van der Waals surface area contributed by atoms with E-state index in [0.717, 1.165) is 38.5 Å². The van der Waals surface area contributed by atoms with E-state index in [-0.39, 0.29) is 18.0 Å². The number of rotatable bonds is 7. The fraction of sp³-hybridized carbons (Fsp3) is 0.700. The summed E-state index contributed by atoms with van der Waals surface area (Å²) in [6.45, 7) is 5.84. The Morgan fingerprint density at radius 1 is 1.00 bits per heavy atom. The maximum atomic E-state index is 13.2. The molecular weight excluding hydrogens is 399 g/mol. The van der Waals surface area contributed by atoms with Gasteiger partial charge in [0.1, 0.15) is 11.5 Å². The topological polar surface area (TPSA) is 71.9 Å². The molecule has 10 heteroatoms. The molecule has 2 aliphatic rings. The zero-order valence-electron chi connectivity index (χ0n) is 17.1. The molecule has 0 radical (unpaired) electrons.